The molecule has 0 aliphatic carbocycles. The van der Waals surface area contributed by atoms with Crippen LogP contribution in [0.2, 0.25) is 0 Å². The number of halogens is 2. The molecule has 0 atom stereocenters. The summed E-state index contributed by atoms with van der Waals surface area (Å²) in [5.41, 5.74) is 3.53. The molecule has 1 heterocycles. The summed E-state index contributed by atoms with van der Waals surface area (Å²) < 4.78 is 1.79. The van der Waals surface area contributed by atoms with Crippen molar-refractivity contribution in [3.63, 3.8) is 0 Å². The molecule has 0 aliphatic heterocycles. The molecule has 4 nitrogen and oxygen atoms in total. The van der Waals surface area contributed by atoms with Crippen molar-refractivity contribution >= 4 is 36.2 Å². The Balaban J connectivity index is 0.00000162. The highest BCUT2D eigenvalue weighted by molar-refractivity contribution is 5.85. The highest BCUT2D eigenvalue weighted by atomic mass is 35.5. The number of aryl methyl sites for hydroxylation is 1. The van der Waals surface area contributed by atoms with E-state index in [1.54, 1.807) is 4.68 Å². The minimum absolute atomic E-state index is 0. The Bertz CT molecular complexity index is 480. The summed E-state index contributed by atoms with van der Waals surface area (Å²) in [6, 6.07) is 8.53. The fourth-order valence-corrected chi connectivity index (χ4v) is 1.63. The maximum atomic E-state index is 4.11. The lowest BCUT2D eigenvalue weighted by Crippen LogP contribution is -2.08. The second-order valence-electron chi connectivity index (χ2n) is 4.32. The smallest absolute Gasteiger partial charge is 0.0729 e. The van der Waals surface area contributed by atoms with Gasteiger partial charge in [-0.1, -0.05) is 12.1 Å². The van der Waals surface area contributed by atoms with Gasteiger partial charge in [0.1, 0.15) is 0 Å². The molecule has 19 heavy (non-hydrogen) atoms. The number of rotatable bonds is 4. The number of anilines is 2. The van der Waals surface area contributed by atoms with E-state index in [0.717, 1.165) is 12.2 Å². The van der Waals surface area contributed by atoms with E-state index in [-0.39, 0.29) is 24.8 Å². The third-order valence-electron chi connectivity index (χ3n) is 2.65. The van der Waals surface area contributed by atoms with E-state index >= 15 is 0 Å². The average molecular weight is 303 g/mol. The van der Waals surface area contributed by atoms with Crippen molar-refractivity contribution in [2.24, 2.45) is 7.05 Å². The van der Waals surface area contributed by atoms with Crippen molar-refractivity contribution in [3.05, 3.63) is 42.2 Å². The first kappa shape index (κ1) is 17.6. The second kappa shape index (κ2) is 7.92. The molecule has 1 aromatic carbocycles. The molecule has 1 aromatic heterocycles. The van der Waals surface area contributed by atoms with Gasteiger partial charge in [-0.25, -0.2) is 0 Å². The molecule has 0 saturated carbocycles. The Kier molecular flexibility index (Phi) is 7.34. The molecule has 2 aromatic rings. The molecule has 0 spiro atoms. The summed E-state index contributed by atoms with van der Waals surface area (Å²) in [6.07, 6.45) is 3.79. The van der Waals surface area contributed by atoms with Crippen LogP contribution in [-0.4, -0.2) is 23.9 Å². The number of hydrogen-bond donors (Lipinski definition) is 1. The van der Waals surface area contributed by atoms with Gasteiger partial charge >= 0.3 is 0 Å². The van der Waals surface area contributed by atoms with Gasteiger partial charge in [-0.05, 0) is 17.7 Å². The fraction of sp³-hybridized carbons (Fsp3) is 0.308. The molecule has 2 rings (SSSR count). The standard InChI is InChI=1S/C13H18N4.2ClH/c1-16(2)13-6-4-11(5-7-13)8-14-12-9-15-17(3)10-12;;/h4-7,9-10,14H,8H2,1-3H3;2*1H. The van der Waals surface area contributed by atoms with Crippen LogP contribution < -0.4 is 10.2 Å². The van der Waals surface area contributed by atoms with Crippen LogP contribution in [-0.2, 0) is 13.6 Å². The monoisotopic (exact) mass is 302 g/mol. The van der Waals surface area contributed by atoms with Gasteiger partial charge in [0.15, 0.2) is 0 Å². The summed E-state index contributed by atoms with van der Waals surface area (Å²) in [5.74, 6) is 0. The highest BCUT2D eigenvalue weighted by Gasteiger charge is 1.98. The fourth-order valence-electron chi connectivity index (χ4n) is 1.63. The van der Waals surface area contributed by atoms with Crippen molar-refractivity contribution in [1.29, 1.82) is 0 Å². The van der Waals surface area contributed by atoms with Crippen LogP contribution in [0, 0.1) is 0 Å². The van der Waals surface area contributed by atoms with Crippen LogP contribution >= 0.6 is 24.8 Å². The van der Waals surface area contributed by atoms with Crippen LogP contribution in [0.3, 0.4) is 0 Å². The summed E-state index contributed by atoms with van der Waals surface area (Å²) >= 11 is 0. The Morgan fingerprint density at radius 3 is 2.26 bits per heavy atom. The van der Waals surface area contributed by atoms with E-state index < -0.39 is 0 Å². The van der Waals surface area contributed by atoms with Crippen LogP contribution in [0.5, 0.6) is 0 Å². The Morgan fingerprint density at radius 2 is 1.79 bits per heavy atom. The topological polar surface area (TPSA) is 33.1 Å². The van der Waals surface area contributed by atoms with E-state index in [2.05, 4.69) is 39.6 Å². The van der Waals surface area contributed by atoms with Crippen molar-refractivity contribution in [1.82, 2.24) is 9.78 Å². The van der Waals surface area contributed by atoms with Gasteiger partial charge in [-0.15, -0.1) is 24.8 Å². The second-order valence-corrected chi connectivity index (χ2v) is 4.32. The zero-order chi connectivity index (χ0) is 12.3. The number of nitrogens with one attached hydrogen (secondary N) is 1. The molecule has 0 unspecified atom stereocenters. The van der Waals surface area contributed by atoms with Crippen molar-refractivity contribution < 1.29 is 0 Å². The van der Waals surface area contributed by atoms with Crippen molar-refractivity contribution in [3.8, 4) is 0 Å². The highest BCUT2D eigenvalue weighted by Crippen LogP contribution is 2.13. The minimum Gasteiger partial charge on any atom is -0.378 e. The van der Waals surface area contributed by atoms with Gasteiger partial charge in [0.25, 0.3) is 0 Å². The largest absolute Gasteiger partial charge is 0.378 e. The van der Waals surface area contributed by atoms with Crippen molar-refractivity contribution in [2.45, 2.75) is 6.54 Å². The van der Waals surface area contributed by atoms with E-state index in [0.29, 0.717) is 0 Å². The van der Waals surface area contributed by atoms with Gasteiger partial charge < -0.3 is 10.2 Å². The summed E-state index contributed by atoms with van der Waals surface area (Å²) in [4.78, 5) is 2.10. The Morgan fingerprint density at radius 1 is 1.16 bits per heavy atom. The SMILES string of the molecule is CN(C)c1ccc(CNc2cnn(C)c2)cc1.Cl.Cl. The number of benzene rings is 1. The maximum Gasteiger partial charge on any atom is 0.0729 e. The lowest BCUT2D eigenvalue weighted by Gasteiger charge is -2.12. The molecule has 0 saturated heterocycles. The number of nitrogens with zero attached hydrogens (tertiary/aromatic N) is 3. The Labute approximate surface area is 126 Å². The number of aromatic nitrogens is 2. The molecule has 106 valence electrons. The van der Waals surface area contributed by atoms with Crippen LogP contribution in [0.1, 0.15) is 5.56 Å². The first-order chi connectivity index (χ1) is 8.15. The molecular formula is C13H20Cl2N4. The maximum absolute atomic E-state index is 4.11. The zero-order valence-electron chi connectivity index (χ0n) is 11.3. The van der Waals surface area contributed by atoms with Gasteiger partial charge in [-0.3, -0.25) is 4.68 Å². The Hall–Kier alpha value is -1.39. The first-order valence-electron chi connectivity index (χ1n) is 5.64. The van der Waals surface area contributed by atoms with E-state index in [4.69, 9.17) is 0 Å². The average Bonchev–Trinajstić information content (AvgIpc) is 2.73. The third-order valence-corrected chi connectivity index (χ3v) is 2.65. The number of hydrogen-bond acceptors (Lipinski definition) is 3. The van der Waals surface area contributed by atoms with Crippen LogP contribution in [0.4, 0.5) is 11.4 Å². The molecule has 0 fully saturated rings. The normalized spacial score (nSPS) is 9.21. The lowest BCUT2D eigenvalue weighted by molar-refractivity contribution is 0.768. The predicted molar refractivity (Wildman–Crippen MR) is 85.8 cm³/mol. The lowest BCUT2D eigenvalue weighted by atomic mass is 10.2. The van der Waals surface area contributed by atoms with Gasteiger partial charge in [0.2, 0.25) is 0 Å². The third kappa shape index (κ3) is 5.01. The molecule has 0 bridgehead atoms. The molecule has 1 N–H and O–H groups in total. The van der Waals surface area contributed by atoms with Crippen LogP contribution in [0.15, 0.2) is 36.7 Å². The van der Waals surface area contributed by atoms with E-state index in [1.165, 1.54) is 11.3 Å². The summed E-state index contributed by atoms with van der Waals surface area (Å²) in [5, 5.41) is 7.45. The van der Waals surface area contributed by atoms with E-state index in [9.17, 15) is 0 Å². The molecule has 0 amide bonds. The molecular weight excluding hydrogens is 283 g/mol. The van der Waals surface area contributed by atoms with Crippen LogP contribution in [0.25, 0.3) is 0 Å². The van der Waals surface area contributed by atoms with Gasteiger partial charge in [0, 0.05) is 39.6 Å². The molecule has 6 heteroatoms. The molecule has 0 aliphatic rings. The zero-order valence-corrected chi connectivity index (χ0v) is 13.0. The van der Waals surface area contributed by atoms with Crippen molar-refractivity contribution in [2.75, 3.05) is 24.3 Å². The first-order valence-corrected chi connectivity index (χ1v) is 5.64. The molecule has 0 radical (unpaired) electrons. The van der Waals surface area contributed by atoms with Gasteiger partial charge in [-0.2, -0.15) is 5.10 Å². The summed E-state index contributed by atoms with van der Waals surface area (Å²) in [6.45, 7) is 0.819. The quantitative estimate of drug-likeness (QED) is 0.943. The summed E-state index contributed by atoms with van der Waals surface area (Å²) in [7, 11) is 6.00. The minimum atomic E-state index is 0. The van der Waals surface area contributed by atoms with E-state index in [1.807, 2.05) is 33.5 Å². The van der Waals surface area contributed by atoms with Gasteiger partial charge in [0.05, 0.1) is 11.9 Å². The predicted octanol–water partition coefficient (Wildman–Crippen LogP) is 2.94.